The number of benzene rings is 1. The van der Waals surface area contributed by atoms with E-state index in [1.807, 2.05) is 11.5 Å². The molecule has 0 aliphatic carbocycles. The van der Waals surface area contributed by atoms with Crippen LogP contribution in [0.2, 0.25) is 5.02 Å². The summed E-state index contributed by atoms with van der Waals surface area (Å²) in [6, 6.07) is 4.91. The number of hydrogen-bond donors (Lipinski definition) is 1. The lowest BCUT2D eigenvalue weighted by Gasteiger charge is -2.13. The third-order valence-corrected chi connectivity index (χ3v) is 3.57. The molecule has 0 fully saturated rings. The highest BCUT2D eigenvalue weighted by atomic mass is 35.5. The van der Waals surface area contributed by atoms with Gasteiger partial charge >= 0.3 is 0 Å². The second-order valence-electron chi connectivity index (χ2n) is 4.82. The molecule has 0 saturated heterocycles. The first-order chi connectivity index (χ1) is 9.97. The highest BCUT2D eigenvalue weighted by Gasteiger charge is 2.16. The summed E-state index contributed by atoms with van der Waals surface area (Å²) in [5.74, 6) is -0.406. The van der Waals surface area contributed by atoms with Gasteiger partial charge in [0.15, 0.2) is 0 Å². The predicted molar refractivity (Wildman–Crippen MR) is 86.0 cm³/mol. The average Bonchev–Trinajstić information content (AvgIpc) is 2.47. The number of amides is 1. The number of pyridine rings is 1. The normalized spacial score (nSPS) is 12.1. The number of fused-ring (bicyclic) bond motifs is 1. The molecule has 0 aliphatic rings. The third kappa shape index (κ3) is 3.00. The lowest BCUT2D eigenvalue weighted by molar-refractivity contribution is 0.0945. The van der Waals surface area contributed by atoms with Crippen molar-refractivity contribution in [1.82, 2.24) is 9.88 Å². The lowest BCUT2D eigenvalue weighted by atomic mass is 10.1. The van der Waals surface area contributed by atoms with Crippen LogP contribution in [0.1, 0.15) is 24.2 Å². The van der Waals surface area contributed by atoms with Gasteiger partial charge in [-0.2, -0.15) is 0 Å². The Morgan fingerprint density at radius 2 is 2.24 bits per heavy atom. The van der Waals surface area contributed by atoms with Crippen molar-refractivity contribution in [3.05, 3.63) is 57.9 Å². The van der Waals surface area contributed by atoms with Crippen LogP contribution in [-0.4, -0.2) is 16.5 Å². The van der Waals surface area contributed by atoms with Gasteiger partial charge < -0.3 is 9.88 Å². The summed E-state index contributed by atoms with van der Waals surface area (Å²) in [7, 11) is 0. The molecule has 5 heteroatoms. The number of nitrogens with one attached hydrogen (secondary N) is 1. The first-order valence-electron chi connectivity index (χ1n) is 6.74. The van der Waals surface area contributed by atoms with E-state index in [2.05, 4.69) is 11.9 Å². The maximum Gasteiger partial charge on any atom is 0.257 e. The molecule has 0 spiro atoms. The maximum atomic E-state index is 12.5. The maximum absolute atomic E-state index is 12.5. The highest BCUT2D eigenvalue weighted by molar-refractivity contribution is 6.31. The zero-order chi connectivity index (χ0) is 15.6. The van der Waals surface area contributed by atoms with Crippen LogP contribution in [0.4, 0.5) is 0 Å². The molecule has 2 aromatic rings. The van der Waals surface area contributed by atoms with Crippen molar-refractivity contribution in [3.8, 4) is 0 Å². The van der Waals surface area contributed by atoms with Crippen LogP contribution in [0, 0.1) is 0 Å². The Balaban J connectivity index is 2.65. The van der Waals surface area contributed by atoms with E-state index in [9.17, 15) is 9.59 Å². The molecule has 1 amide bonds. The molecule has 1 heterocycles. The number of carbonyl (C=O) groups excluding carboxylic acids is 1. The quantitative estimate of drug-likeness (QED) is 0.883. The molecular formula is C16H17ClN2O2. The summed E-state index contributed by atoms with van der Waals surface area (Å²) in [6.45, 7) is 8.00. The van der Waals surface area contributed by atoms with Crippen LogP contribution >= 0.6 is 11.6 Å². The minimum Gasteiger partial charge on any atom is -0.347 e. The van der Waals surface area contributed by atoms with Gasteiger partial charge in [-0.1, -0.05) is 17.7 Å². The lowest BCUT2D eigenvalue weighted by Crippen LogP contribution is -2.34. The van der Waals surface area contributed by atoms with Gasteiger partial charge in [0.05, 0.1) is 5.52 Å². The van der Waals surface area contributed by atoms with Crippen LogP contribution in [0.25, 0.3) is 10.9 Å². The number of hydrogen-bond acceptors (Lipinski definition) is 2. The Morgan fingerprint density at radius 3 is 2.86 bits per heavy atom. The van der Waals surface area contributed by atoms with Crippen molar-refractivity contribution in [2.75, 3.05) is 0 Å². The monoisotopic (exact) mass is 304 g/mol. The first kappa shape index (κ1) is 15.3. The predicted octanol–water partition coefficient (Wildman–Crippen LogP) is 2.98. The summed E-state index contributed by atoms with van der Waals surface area (Å²) >= 11 is 5.96. The van der Waals surface area contributed by atoms with Crippen LogP contribution < -0.4 is 10.7 Å². The fourth-order valence-electron chi connectivity index (χ4n) is 2.14. The molecule has 1 N–H and O–H groups in total. The number of aryl methyl sites for hydroxylation is 1. The van der Waals surface area contributed by atoms with Crippen molar-refractivity contribution in [2.45, 2.75) is 26.4 Å². The Morgan fingerprint density at radius 1 is 1.52 bits per heavy atom. The van der Waals surface area contributed by atoms with Crippen LogP contribution in [0.15, 0.2) is 41.8 Å². The van der Waals surface area contributed by atoms with Gasteiger partial charge in [-0.05, 0) is 32.0 Å². The Labute approximate surface area is 128 Å². The van der Waals surface area contributed by atoms with Crippen LogP contribution in [0.5, 0.6) is 0 Å². The molecule has 1 aromatic carbocycles. The van der Waals surface area contributed by atoms with E-state index in [1.165, 1.54) is 0 Å². The molecule has 0 radical (unpaired) electrons. The molecule has 1 aromatic heterocycles. The zero-order valence-corrected chi connectivity index (χ0v) is 12.8. The average molecular weight is 305 g/mol. The summed E-state index contributed by atoms with van der Waals surface area (Å²) < 4.78 is 1.86. The number of halogens is 1. The second-order valence-corrected chi connectivity index (χ2v) is 5.25. The third-order valence-electron chi connectivity index (χ3n) is 3.34. The van der Waals surface area contributed by atoms with Crippen molar-refractivity contribution in [3.63, 3.8) is 0 Å². The van der Waals surface area contributed by atoms with Crippen molar-refractivity contribution in [1.29, 1.82) is 0 Å². The van der Waals surface area contributed by atoms with E-state index in [0.717, 1.165) is 5.52 Å². The zero-order valence-electron chi connectivity index (χ0n) is 12.0. The molecule has 110 valence electrons. The minimum absolute atomic E-state index is 0.111. The molecule has 21 heavy (non-hydrogen) atoms. The van der Waals surface area contributed by atoms with E-state index in [-0.39, 0.29) is 17.0 Å². The highest BCUT2D eigenvalue weighted by Crippen LogP contribution is 2.17. The summed E-state index contributed by atoms with van der Waals surface area (Å²) in [4.78, 5) is 24.7. The van der Waals surface area contributed by atoms with Gasteiger partial charge in [-0.25, -0.2) is 0 Å². The van der Waals surface area contributed by atoms with Gasteiger partial charge in [0.25, 0.3) is 5.91 Å². The van der Waals surface area contributed by atoms with E-state index in [4.69, 9.17) is 11.6 Å². The molecule has 4 nitrogen and oxygen atoms in total. The Kier molecular flexibility index (Phi) is 4.48. The topological polar surface area (TPSA) is 51.1 Å². The molecular weight excluding hydrogens is 288 g/mol. The number of nitrogens with zero attached hydrogens (tertiary/aromatic N) is 1. The van der Waals surface area contributed by atoms with E-state index in [0.29, 0.717) is 17.0 Å². The van der Waals surface area contributed by atoms with E-state index in [1.54, 1.807) is 37.4 Å². The fourth-order valence-corrected chi connectivity index (χ4v) is 2.31. The molecule has 0 aliphatic heterocycles. The summed E-state index contributed by atoms with van der Waals surface area (Å²) in [5, 5.41) is 3.63. The standard InChI is InChI=1S/C16H17ClN2O2/c1-4-10(3)18-16(21)13-9-19(5-2)14-7-6-11(17)8-12(14)15(13)20/h4,6-10H,1,5H2,2-3H3,(H,18,21)/t10-/m0/s1. The van der Waals surface area contributed by atoms with Crippen LogP contribution in [-0.2, 0) is 6.54 Å². The first-order valence-corrected chi connectivity index (χ1v) is 7.11. The molecule has 0 unspecified atom stereocenters. The van der Waals surface area contributed by atoms with Gasteiger partial charge in [0.2, 0.25) is 5.43 Å². The van der Waals surface area contributed by atoms with Crippen molar-refractivity contribution in [2.24, 2.45) is 0 Å². The van der Waals surface area contributed by atoms with E-state index >= 15 is 0 Å². The van der Waals surface area contributed by atoms with Crippen molar-refractivity contribution >= 4 is 28.4 Å². The van der Waals surface area contributed by atoms with Gasteiger partial charge in [0, 0.05) is 29.2 Å². The Hall–Kier alpha value is -2.07. The Bertz CT molecular complexity index is 765. The van der Waals surface area contributed by atoms with Gasteiger partial charge in [0.1, 0.15) is 5.56 Å². The number of aromatic nitrogens is 1. The van der Waals surface area contributed by atoms with Crippen molar-refractivity contribution < 1.29 is 4.79 Å². The SMILES string of the molecule is C=C[C@H](C)NC(=O)c1cn(CC)c2ccc(Cl)cc2c1=O. The summed E-state index contributed by atoms with van der Waals surface area (Å²) in [6.07, 6.45) is 3.19. The molecule has 1 atom stereocenters. The van der Waals surface area contributed by atoms with Gasteiger partial charge in [-0.3, -0.25) is 9.59 Å². The van der Waals surface area contributed by atoms with Crippen LogP contribution in [0.3, 0.4) is 0 Å². The number of carbonyl (C=O) groups is 1. The van der Waals surface area contributed by atoms with Gasteiger partial charge in [-0.15, -0.1) is 6.58 Å². The fraction of sp³-hybridized carbons (Fsp3) is 0.250. The minimum atomic E-state index is -0.406. The molecule has 0 bridgehead atoms. The smallest absolute Gasteiger partial charge is 0.257 e. The second kappa shape index (κ2) is 6.14. The summed E-state index contributed by atoms with van der Waals surface area (Å²) in [5.41, 5.74) is 0.562. The molecule has 0 saturated carbocycles. The molecule has 2 rings (SSSR count). The largest absolute Gasteiger partial charge is 0.347 e. The van der Waals surface area contributed by atoms with E-state index < -0.39 is 5.91 Å². The number of rotatable bonds is 4.